The van der Waals surface area contributed by atoms with Crippen LogP contribution in [0, 0.1) is 0 Å². The average molecular weight is 855 g/mol. The zero-order valence-electron chi connectivity index (χ0n) is 31.3. The summed E-state index contributed by atoms with van der Waals surface area (Å²) in [5.41, 5.74) is 5.59. The van der Waals surface area contributed by atoms with Crippen LogP contribution < -0.4 is 21.7 Å². The molecule has 3 aliphatic heterocycles. The van der Waals surface area contributed by atoms with Gasteiger partial charge in [0.2, 0.25) is 11.8 Å². The number of aliphatic carboxylic acids is 1. The molecule has 4 rings (SSSR count). The number of hydrogen-bond acceptors (Lipinski definition) is 19. The van der Waals surface area contributed by atoms with Crippen LogP contribution in [-0.4, -0.2) is 200 Å². The first-order valence-electron chi connectivity index (χ1n) is 18.1. The van der Waals surface area contributed by atoms with Gasteiger partial charge in [-0.25, -0.2) is 4.79 Å². The Bertz CT molecular complexity index is 1570. The first-order chi connectivity index (χ1) is 27.4. The molecule has 23 nitrogen and oxygen atoms in total. The summed E-state index contributed by atoms with van der Waals surface area (Å²) in [6, 6.07) is 2.81. The number of carboxylic acid groups (broad SMARTS) is 1. The Morgan fingerprint density at radius 1 is 0.931 bits per heavy atom. The summed E-state index contributed by atoms with van der Waals surface area (Å²) in [4.78, 5) is 49.8. The quantitative estimate of drug-likeness (QED) is 0.0693. The number of amides is 3. The van der Waals surface area contributed by atoms with Crippen molar-refractivity contribution in [2.24, 2.45) is 5.73 Å². The number of carbonyl (C=O) groups excluding carboxylic acids is 3. The minimum atomic E-state index is -3.09. The third kappa shape index (κ3) is 11.1. The van der Waals surface area contributed by atoms with Gasteiger partial charge in [-0.1, -0.05) is 17.7 Å². The molecule has 1 aromatic rings. The molecule has 3 heterocycles. The molecule has 16 atom stereocenters. The highest BCUT2D eigenvalue weighted by Gasteiger charge is 2.60. The molecule has 3 saturated heterocycles. The lowest BCUT2D eigenvalue weighted by molar-refractivity contribution is -0.382. The maximum Gasteiger partial charge on any atom is 0.364 e. The van der Waals surface area contributed by atoms with Gasteiger partial charge < -0.3 is 96.1 Å². The maximum absolute atomic E-state index is 13.0. The largest absolute Gasteiger partial charge is 0.477 e. The Morgan fingerprint density at radius 3 is 2.16 bits per heavy atom. The molecule has 0 radical (unpaired) electrons. The zero-order valence-corrected chi connectivity index (χ0v) is 32.0. The lowest BCUT2D eigenvalue weighted by Crippen LogP contribution is -2.71. The van der Waals surface area contributed by atoms with Gasteiger partial charge in [0, 0.05) is 43.9 Å². The van der Waals surface area contributed by atoms with Gasteiger partial charge in [0.1, 0.15) is 61.0 Å². The number of halogens is 1. The molecule has 3 aliphatic rings. The first-order valence-corrected chi connectivity index (χ1v) is 18.5. The van der Waals surface area contributed by atoms with Crippen LogP contribution in [0.4, 0.5) is 0 Å². The number of benzene rings is 1. The molecule has 0 bridgehead atoms. The highest BCUT2D eigenvalue weighted by molar-refractivity contribution is 6.30. The third-order valence-corrected chi connectivity index (χ3v) is 9.86. The average Bonchev–Trinajstić information content (AvgIpc) is 3.17. The molecule has 1 aromatic carbocycles. The molecular weight excluding hydrogens is 804 g/mol. The number of nitrogens with one attached hydrogen (secondary N) is 3. The van der Waals surface area contributed by atoms with Gasteiger partial charge in [0.15, 0.2) is 12.6 Å². The summed E-state index contributed by atoms with van der Waals surface area (Å²) in [6.45, 7) is -0.368. The topological polar surface area (TPSA) is 368 Å². The van der Waals surface area contributed by atoms with Crippen LogP contribution in [0.3, 0.4) is 0 Å². The van der Waals surface area contributed by atoms with E-state index in [-0.39, 0.29) is 23.7 Å². The Morgan fingerprint density at radius 2 is 1.57 bits per heavy atom. The normalized spacial score (nSPS) is 36.3. The number of rotatable bonds is 17. The van der Waals surface area contributed by atoms with Crippen LogP contribution in [-0.2, 0) is 42.8 Å². The van der Waals surface area contributed by atoms with Gasteiger partial charge >= 0.3 is 5.97 Å². The number of aliphatic hydroxyl groups is 8. The minimum absolute atomic E-state index is 0.0244. The molecule has 3 fully saturated rings. The lowest BCUT2D eigenvalue weighted by atomic mass is 9.88. The van der Waals surface area contributed by atoms with E-state index in [0.29, 0.717) is 0 Å². The van der Waals surface area contributed by atoms with Crippen molar-refractivity contribution in [1.82, 2.24) is 16.0 Å². The van der Waals surface area contributed by atoms with E-state index < -0.39 is 147 Å². The second kappa shape index (κ2) is 20.9. The van der Waals surface area contributed by atoms with Crippen LogP contribution in [0.25, 0.3) is 0 Å². The second-order valence-corrected chi connectivity index (χ2v) is 14.3. The number of carboxylic acids is 1. The SMILES string of the molecule is CC(=O)N[C@H]1[C@H](OCCN)O[C@H](CO)[C@@H](O[C@@H]2O[C@H](CO)[C@H](O)[C@H](O[C@]3(C(=O)O)C[C@H](O)[C@@H](NC(C)=O)[C@H]([C@H](O)[C@H](O)CNC(=O)c4cccc(Cl)c4)O3)[C@H]2O)[C@@H]1O. The Balaban J connectivity index is 1.61. The van der Waals surface area contributed by atoms with Crippen molar-refractivity contribution in [3.63, 3.8) is 0 Å². The first kappa shape index (κ1) is 47.5. The summed E-state index contributed by atoms with van der Waals surface area (Å²) < 4.78 is 34.1. The molecule has 328 valence electrons. The summed E-state index contributed by atoms with van der Waals surface area (Å²) in [5, 5.41) is 106. The van der Waals surface area contributed by atoms with E-state index in [9.17, 15) is 65.1 Å². The Kier molecular flexibility index (Phi) is 17.1. The van der Waals surface area contributed by atoms with Gasteiger partial charge in [-0.2, -0.15) is 0 Å². The molecule has 0 aromatic heterocycles. The van der Waals surface area contributed by atoms with E-state index >= 15 is 0 Å². The van der Waals surface area contributed by atoms with Crippen LogP contribution in [0.1, 0.15) is 30.6 Å². The lowest BCUT2D eigenvalue weighted by Gasteiger charge is -2.51. The Hall–Kier alpha value is -3.21. The van der Waals surface area contributed by atoms with Crippen molar-refractivity contribution in [2.75, 3.05) is 32.9 Å². The number of aliphatic hydroxyl groups excluding tert-OH is 8. The van der Waals surface area contributed by atoms with Crippen LogP contribution in [0.15, 0.2) is 24.3 Å². The van der Waals surface area contributed by atoms with Crippen molar-refractivity contribution < 1.29 is 93.6 Å². The second-order valence-electron chi connectivity index (χ2n) is 13.9. The van der Waals surface area contributed by atoms with E-state index in [1.807, 2.05) is 0 Å². The standard InChI is InChI=1S/C34H51ClN4O19/c1-13(42)38-21-17(44)9-34(33(51)52,57-28(21)23(46)18(45)10-37-30(50)15-4-3-5-16(35)8-15)58-29-24(47)19(11-40)54-32(26(29)49)56-27-20(12-41)55-31(53-7-6-36)22(25(27)48)39-14(2)43/h3-5,8,17-29,31-32,40-41,44-49H,6-7,9-12,36H2,1-2H3,(H,37,50)(H,38,42)(H,39,43)(H,51,52)/t17-,18+,19+,20+,21+,22+,23+,24-,25+,26+,27+,28+,29-,31+,32-,34-/m0/s1. The van der Waals surface area contributed by atoms with Gasteiger partial charge in [0.05, 0.1) is 38.1 Å². The monoisotopic (exact) mass is 854 g/mol. The summed E-state index contributed by atoms with van der Waals surface area (Å²) in [5.74, 6) is -7.21. The van der Waals surface area contributed by atoms with Crippen LogP contribution >= 0.6 is 11.6 Å². The number of nitrogens with two attached hydrogens (primary N) is 1. The molecule has 3 amide bonds. The summed E-state index contributed by atoms with van der Waals surface area (Å²) in [7, 11) is 0. The van der Waals surface area contributed by atoms with Gasteiger partial charge in [-0.3, -0.25) is 14.4 Å². The minimum Gasteiger partial charge on any atom is -0.477 e. The van der Waals surface area contributed by atoms with E-state index in [4.69, 9.17) is 45.8 Å². The Labute approximate surface area is 335 Å². The van der Waals surface area contributed by atoms with E-state index in [1.165, 1.54) is 24.3 Å². The van der Waals surface area contributed by atoms with Crippen molar-refractivity contribution in [1.29, 1.82) is 0 Å². The fourth-order valence-corrected chi connectivity index (χ4v) is 7.01. The van der Waals surface area contributed by atoms with E-state index in [1.54, 1.807) is 0 Å². The predicted molar refractivity (Wildman–Crippen MR) is 191 cm³/mol. The fraction of sp³-hybridized carbons (Fsp3) is 0.706. The van der Waals surface area contributed by atoms with E-state index in [0.717, 1.165) is 13.8 Å². The summed E-state index contributed by atoms with van der Waals surface area (Å²) in [6.07, 6.45) is -25.4. The maximum atomic E-state index is 13.0. The van der Waals surface area contributed by atoms with Gasteiger partial charge in [0.25, 0.3) is 11.7 Å². The van der Waals surface area contributed by atoms with Crippen molar-refractivity contribution in [3.05, 3.63) is 34.9 Å². The fourth-order valence-electron chi connectivity index (χ4n) is 6.82. The highest BCUT2D eigenvalue weighted by atomic mass is 35.5. The number of carbonyl (C=O) groups is 4. The van der Waals surface area contributed by atoms with Gasteiger partial charge in [-0.05, 0) is 18.2 Å². The van der Waals surface area contributed by atoms with Crippen LogP contribution in [0.2, 0.25) is 5.02 Å². The molecule has 14 N–H and O–H groups in total. The van der Waals surface area contributed by atoms with Crippen molar-refractivity contribution >= 4 is 35.3 Å². The number of ether oxygens (including phenoxy) is 6. The highest BCUT2D eigenvalue weighted by Crippen LogP contribution is 2.38. The molecule has 0 spiro atoms. The number of hydrogen-bond donors (Lipinski definition) is 13. The molecule has 24 heteroatoms. The molecule has 0 saturated carbocycles. The molecule has 0 unspecified atom stereocenters. The van der Waals surface area contributed by atoms with E-state index in [2.05, 4.69) is 16.0 Å². The zero-order chi connectivity index (χ0) is 43.1. The molecule has 58 heavy (non-hydrogen) atoms. The molecule has 0 aliphatic carbocycles. The van der Waals surface area contributed by atoms with Crippen LogP contribution in [0.5, 0.6) is 0 Å². The third-order valence-electron chi connectivity index (χ3n) is 9.62. The van der Waals surface area contributed by atoms with Crippen molar-refractivity contribution in [3.8, 4) is 0 Å². The predicted octanol–water partition coefficient (Wildman–Crippen LogP) is -6.01. The van der Waals surface area contributed by atoms with Crippen molar-refractivity contribution in [2.45, 2.75) is 118 Å². The summed E-state index contributed by atoms with van der Waals surface area (Å²) >= 11 is 5.93. The smallest absolute Gasteiger partial charge is 0.364 e. The molecular formula is C34H51ClN4O19. The van der Waals surface area contributed by atoms with Gasteiger partial charge in [-0.15, -0.1) is 0 Å².